The van der Waals surface area contributed by atoms with Gasteiger partial charge in [-0.3, -0.25) is 10.1 Å². The number of nitro groups is 1. The second kappa shape index (κ2) is 5.17. The van der Waals surface area contributed by atoms with E-state index >= 15 is 0 Å². The Labute approximate surface area is 96.6 Å². The van der Waals surface area contributed by atoms with E-state index in [4.69, 9.17) is 5.73 Å². The fourth-order valence-electron chi connectivity index (χ4n) is 1.52. The largest absolute Gasteiger partial charge is 0.389 e. The molecule has 1 aromatic rings. The van der Waals surface area contributed by atoms with Crippen molar-refractivity contribution in [2.24, 2.45) is 5.73 Å². The molecule has 0 fully saturated rings. The van der Waals surface area contributed by atoms with Crippen LogP contribution in [0.1, 0.15) is 17.2 Å². The molecule has 0 amide bonds. The molecule has 0 saturated heterocycles. The fraction of sp³-hybridized carbons (Fsp3) is 0.400. The van der Waals surface area contributed by atoms with E-state index in [1.807, 2.05) is 0 Å². The monoisotopic (exact) mass is 244 g/mol. The minimum absolute atomic E-state index is 0.0327. The molecular weight excluding hydrogens is 231 g/mol. The number of aliphatic hydroxyl groups is 2. The Hall–Kier alpha value is -1.57. The number of nitrogens with zero attached hydrogens (tertiary/aromatic N) is 1. The molecule has 2 atom stereocenters. The molecule has 0 aromatic heterocycles. The van der Waals surface area contributed by atoms with Gasteiger partial charge < -0.3 is 15.9 Å². The average molecular weight is 244 g/mol. The molecule has 7 heteroatoms. The van der Waals surface area contributed by atoms with E-state index in [2.05, 4.69) is 0 Å². The van der Waals surface area contributed by atoms with Crippen molar-refractivity contribution < 1.29 is 19.5 Å². The summed E-state index contributed by atoms with van der Waals surface area (Å²) in [6.45, 7) is 1.14. The molecule has 0 radical (unpaired) electrons. The first kappa shape index (κ1) is 13.5. The predicted molar refractivity (Wildman–Crippen MR) is 57.8 cm³/mol. The number of aliphatic hydroxyl groups excluding tert-OH is 2. The summed E-state index contributed by atoms with van der Waals surface area (Å²) in [6, 6.07) is 1.71. The van der Waals surface area contributed by atoms with E-state index in [0.29, 0.717) is 0 Å². The molecule has 1 rings (SSSR count). The molecule has 17 heavy (non-hydrogen) atoms. The Balaban J connectivity index is 3.29. The number of rotatable bonds is 4. The number of hydrogen-bond acceptors (Lipinski definition) is 5. The van der Waals surface area contributed by atoms with Crippen LogP contribution in [0.25, 0.3) is 0 Å². The van der Waals surface area contributed by atoms with Crippen molar-refractivity contribution in [2.45, 2.75) is 19.1 Å². The minimum Gasteiger partial charge on any atom is -0.389 e. The lowest BCUT2D eigenvalue weighted by molar-refractivity contribution is -0.385. The predicted octanol–water partition coefficient (Wildman–Crippen LogP) is 0.395. The zero-order chi connectivity index (χ0) is 13.2. The van der Waals surface area contributed by atoms with Crippen LogP contribution in [-0.2, 0) is 0 Å². The van der Waals surface area contributed by atoms with E-state index < -0.39 is 28.6 Å². The molecule has 1 aromatic carbocycles. The van der Waals surface area contributed by atoms with Gasteiger partial charge in [0.05, 0.1) is 17.1 Å². The number of hydrogen-bond donors (Lipinski definition) is 3. The first-order chi connectivity index (χ1) is 7.88. The van der Waals surface area contributed by atoms with Crippen molar-refractivity contribution in [1.82, 2.24) is 0 Å². The van der Waals surface area contributed by atoms with E-state index in [1.54, 1.807) is 0 Å². The topological polar surface area (TPSA) is 110 Å². The van der Waals surface area contributed by atoms with Gasteiger partial charge in [-0.05, 0) is 18.6 Å². The number of halogens is 1. The Kier molecular flexibility index (Phi) is 4.11. The summed E-state index contributed by atoms with van der Waals surface area (Å²) in [7, 11) is 0. The number of benzene rings is 1. The Morgan fingerprint density at radius 2 is 2.12 bits per heavy atom. The SMILES string of the molecule is Cc1c(C(O)C(O)CN)cc(F)cc1[N+](=O)[O-]. The molecule has 0 bridgehead atoms. The lowest BCUT2D eigenvalue weighted by Gasteiger charge is -2.18. The van der Waals surface area contributed by atoms with E-state index in [-0.39, 0.29) is 17.7 Å². The maximum absolute atomic E-state index is 13.2. The van der Waals surface area contributed by atoms with Crippen LogP contribution in [0.15, 0.2) is 12.1 Å². The van der Waals surface area contributed by atoms with E-state index in [0.717, 1.165) is 12.1 Å². The van der Waals surface area contributed by atoms with Gasteiger partial charge in [0, 0.05) is 12.1 Å². The second-order valence-corrected chi connectivity index (χ2v) is 3.64. The highest BCUT2D eigenvalue weighted by atomic mass is 19.1. The van der Waals surface area contributed by atoms with Crippen LogP contribution in [0.5, 0.6) is 0 Å². The summed E-state index contributed by atoms with van der Waals surface area (Å²) in [5.41, 5.74) is 4.79. The smallest absolute Gasteiger partial charge is 0.275 e. The third kappa shape index (κ3) is 2.76. The summed E-state index contributed by atoms with van der Waals surface area (Å²) >= 11 is 0. The molecular formula is C10H13FN2O4. The highest BCUT2D eigenvalue weighted by Gasteiger charge is 2.24. The maximum Gasteiger partial charge on any atom is 0.275 e. The quantitative estimate of drug-likeness (QED) is 0.524. The number of nitrogens with two attached hydrogens (primary N) is 1. The molecule has 94 valence electrons. The van der Waals surface area contributed by atoms with Crippen molar-refractivity contribution in [3.8, 4) is 0 Å². The molecule has 0 aliphatic rings. The molecule has 0 aliphatic carbocycles. The van der Waals surface area contributed by atoms with Gasteiger partial charge in [-0.15, -0.1) is 0 Å². The summed E-state index contributed by atoms with van der Waals surface area (Å²) < 4.78 is 13.2. The third-order valence-electron chi connectivity index (χ3n) is 2.51. The van der Waals surface area contributed by atoms with Gasteiger partial charge in [0.25, 0.3) is 5.69 Å². The van der Waals surface area contributed by atoms with Crippen molar-refractivity contribution in [3.63, 3.8) is 0 Å². The van der Waals surface area contributed by atoms with Gasteiger partial charge in [-0.2, -0.15) is 0 Å². The molecule has 0 aliphatic heterocycles. The van der Waals surface area contributed by atoms with Gasteiger partial charge >= 0.3 is 0 Å². The zero-order valence-electron chi connectivity index (χ0n) is 9.13. The first-order valence-electron chi connectivity index (χ1n) is 4.89. The van der Waals surface area contributed by atoms with Crippen LogP contribution in [-0.4, -0.2) is 27.8 Å². The Morgan fingerprint density at radius 3 is 2.59 bits per heavy atom. The van der Waals surface area contributed by atoms with Crippen molar-refractivity contribution in [1.29, 1.82) is 0 Å². The average Bonchev–Trinajstić information content (AvgIpc) is 2.29. The molecule has 0 saturated carbocycles. The van der Waals surface area contributed by atoms with Crippen molar-refractivity contribution in [2.75, 3.05) is 6.54 Å². The van der Waals surface area contributed by atoms with E-state index in [9.17, 15) is 24.7 Å². The minimum atomic E-state index is -1.45. The summed E-state index contributed by atoms with van der Waals surface area (Å²) in [5.74, 6) is -0.847. The van der Waals surface area contributed by atoms with Crippen LogP contribution in [0.3, 0.4) is 0 Å². The zero-order valence-corrected chi connectivity index (χ0v) is 9.13. The van der Waals surface area contributed by atoms with Gasteiger partial charge in [-0.25, -0.2) is 4.39 Å². The lowest BCUT2D eigenvalue weighted by atomic mass is 9.98. The molecule has 4 N–H and O–H groups in total. The van der Waals surface area contributed by atoms with Crippen LogP contribution in [0.2, 0.25) is 0 Å². The fourth-order valence-corrected chi connectivity index (χ4v) is 1.52. The van der Waals surface area contributed by atoms with Crippen LogP contribution in [0, 0.1) is 22.9 Å². The standard InChI is InChI=1S/C10H13FN2O4/c1-5-7(10(15)9(14)4-12)2-6(11)3-8(5)13(16)17/h2-3,9-10,14-15H,4,12H2,1H3. The van der Waals surface area contributed by atoms with Gasteiger partial charge in [0.1, 0.15) is 11.9 Å². The molecule has 6 nitrogen and oxygen atoms in total. The lowest BCUT2D eigenvalue weighted by Crippen LogP contribution is -2.27. The van der Waals surface area contributed by atoms with Crippen LogP contribution < -0.4 is 5.73 Å². The molecule has 0 spiro atoms. The summed E-state index contributed by atoms with van der Waals surface area (Å²) in [5, 5.41) is 29.7. The molecule has 2 unspecified atom stereocenters. The van der Waals surface area contributed by atoms with Crippen molar-refractivity contribution in [3.05, 3.63) is 39.2 Å². The summed E-state index contributed by atoms with van der Waals surface area (Å²) in [6.07, 6.45) is -2.75. The normalized spacial score (nSPS) is 14.4. The Bertz CT molecular complexity index is 439. The summed E-state index contributed by atoms with van der Waals surface area (Å²) in [4.78, 5) is 9.91. The van der Waals surface area contributed by atoms with Crippen LogP contribution in [0.4, 0.5) is 10.1 Å². The number of nitro benzene ring substituents is 1. The second-order valence-electron chi connectivity index (χ2n) is 3.64. The highest BCUT2D eigenvalue weighted by Crippen LogP contribution is 2.29. The van der Waals surface area contributed by atoms with Crippen molar-refractivity contribution >= 4 is 5.69 Å². The highest BCUT2D eigenvalue weighted by molar-refractivity contribution is 5.46. The first-order valence-corrected chi connectivity index (χ1v) is 4.89. The van der Waals surface area contributed by atoms with Gasteiger partial charge in [-0.1, -0.05) is 0 Å². The van der Waals surface area contributed by atoms with E-state index in [1.165, 1.54) is 6.92 Å². The molecule has 0 heterocycles. The maximum atomic E-state index is 13.2. The third-order valence-corrected chi connectivity index (χ3v) is 2.51. The van der Waals surface area contributed by atoms with Gasteiger partial charge in [0.15, 0.2) is 0 Å². The Morgan fingerprint density at radius 1 is 1.53 bits per heavy atom. The van der Waals surface area contributed by atoms with Crippen LogP contribution >= 0.6 is 0 Å². The van der Waals surface area contributed by atoms with Gasteiger partial charge in [0.2, 0.25) is 0 Å².